The normalized spacial score (nSPS) is 12.3. The van der Waals surface area contributed by atoms with E-state index in [9.17, 15) is 4.79 Å². The highest BCUT2D eigenvalue weighted by molar-refractivity contribution is 7.99. The van der Waals surface area contributed by atoms with Crippen molar-refractivity contribution in [1.29, 1.82) is 0 Å². The second-order valence-corrected chi connectivity index (χ2v) is 7.82. The second-order valence-electron chi connectivity index (χ2n) is 5.93. The molecule has 1 amide bonds. The summed E-state index contributed by atoms with van der Waals surface area (Å²) in [5.74, 6) is 0.997. The molecule has 6 nitrogen and oxygen atoms in total. The summed E-state index contributed by atoms with van der Waals surface area (Å²) in [6.07, 6.45) is 0. The largest absolute Gasteiger partial charge is 0.353 e. The van der Waals surface area contributed by atoms with Gasteiger partial charge in [-0.05, 0) is 31.1 Å². The van der Waals surface area contributed by atoms with Gasteiger partial charge >= 0.3 is 0 Å². The minimum atomic E-state index is -0.0275. The third kappa shape index (κ3) is 4.94. The summed E-state index contributed by atoms with van der Waals surface area (Å²) in [5.41, 5.74) is 1.18. The van der Waals surface area contributed by atoms with Crippen molar-refractivity contribution in [2.24, 2.45) is 0 Å². The molecule has 0 spiro atoms. The Morgan fingerprint density at radius 1 is 1.27 bits per heavy atom. The molecule has 0 radical (unpaired) electrons. The van der Waals surface area contributed by atoms with Crippen molar-refractivity contribution in [3.63, 3.8) is 0 Å². The van der Waals surface area contributed by atoms with Crippen molar-refractivity contribution < 1.29 is 4.79 Å². The lowest BCUT2D eigenvalue weighted by Gasteiger charge is -2.25. The number of thioether (sulfide) groups is 1. The van der Waals surface area contributed by atoms with E-state index >= 15 is 0 Å². The van der Waals surface area contributed by atoms with Crippen LogP contribution >= 0.6 is 23.1 Å². The van der Waals surface area contributed by atoms with E-state index in [0.717, 1.165) is 10.7 Å². The molecule has 2 N–H and O–H groups in total. The van der Waals surface area contributed by atoms with Gasteiger partial charge in [-0.25, -0.2) is 4.98 Å². The van der Waals surface area contributed by atoms with Gasteiger partial charge in [0.1, 0.15) is 0 Å². The Kier molecular flexibility index (Phi) is 6.43. The predicted octanol–water partition coefficient (Wildman–Crippen LogP) is 3.04. The van der Waals surface area contributed by atoms with E-state index in [1.54, 1.807) is 11.3 Å². The van der Waals surface area contributed by atoms with Gasteiger partial charge in [-0.15, -0.1) is 16.4 Å². The molecule has 0 bridgehead atoms. The van der Waals surface area contributed by atoms with Crippen LogP contribution in [0.2, 0.25) is 0 Å². The lowest BCUT2D eigenvalue weighted by atomic mass is 10.1. The van der Waals surface area contributed by atoms with Gasteiger partial charge in [0.25, 0.3) is 0 Å². The van der Waals surface area contributed by atoms with E-state index in [4.69, 9.17) is 0 Å². The van der Waals surface area contributed by atoms with Crippen LogP contribution in [0.1, 0.15) is 11.6 Å². The Morgan fingerprint density at radius 3 is 2.77 bits per heavy atom. The Morgan fingerprint density at radius 2 is 2.08 bits per heavy atom. The summed E-state index contributed by atoms with van der Waals surface area (Å²) in [5, 5.41) is 12.6. The Hall–Kier alpha value is -2.16. The van der Waals surface area contributed by atoms with Gasteiger partial charge in [-0.2, -0.15) is 0 Å². The average Bonchev–Trinajstić information content (AvgIpc) is 3.32. The average molecular weight is 388 g/mol. The van der Waals surface area contributed by atoms with Crippen LogP contribution in [0.5, 0.6) is 0 Å². The number of H-pyrrole nitrogens is 1. The third-order valence-electron chi connectivity index (χ3n) is 3.85. The first-order valence-electron chi connectivity index (χ1n) is 8.20. The molecule has 0 saturated heterocycles. The topological polar surface area (TPSA) is 73.9 Å². The molecule has 0 unspecified atom stereocenters. The van der Waals surface area contributed by atoms with E-state index in [1.165, 1.54) is 17.3 Å². The number of carbonyl (C=O) groups is 1. The van der Waals surface area contributed by atoms with E-state index < -0.39 is 0 Å². The number of hydrogen-bond donors (Lipinski definition) is 2. The van der Waals surface area contributed by atoms with Crippen molar-refractivity contribution in [3.05, 3.63) is 53.4 Å². The minimum Gasteiger partial charge on any atom is -0.353 e. The van der Waals surface area contributed by atoms with Crippen LogP contribution in [0.25, 0.3) is 10.7 Å². The summed E-state index contributed by atoms with van der Waals surface area (Å²) in [7, 11) is 4.02. The van der Waals surface area contributed by atoms with Crippen molar-refractivity contribution >= 4 is 29.0 Å². The molecule has 0 fully saturated rings. The molecule has 8 heteroatoms. The van der Waals surface area contributed by atoms with Gasteiger partial charge in [0.2, 0.25) is 11.1 Å². The highest BCUT2D eigenvalue weighted by Crippen LogP contribution is 2.23. The molecule has 0 aliphatic heterocycles. The molecular weight excluding hydrogens is 366 g/mol. The van der Waals surface area contributed by atoms with Gasteiger partial charge in [0.05, 0.1) is 16.7 Å². The minimum absolute atomic E-state index is 0.0275. The summed E-state index contributed by atoms with van der Waals surface area (Å²) in [6.45, 7) is 0.560. The first kappa shape index (κ1) is 18.6. The molecule has 0 aliphatic carbocycles. The highest BCUT2D eigenvalue weighted by Gasteiger charge is 2.15. The maximum absolute atomic E-state index is 12.2. The van der Waals surface area contributed by atoms with Gasteiger partial charge in [0, 0.05) is 6.54 Å². The smallest absolute Gasteiger partial charge is 0.230 e. The number of benzene rings is 1. The molecule has 0 aliphatic rings. The van der Waals surface area contributed by atoms with Crippen LogP contribution < -0.4 is 5.32 Å². The molecular formula is C18H21N5OS2. The third-order valence-corrected chi connectivity index (χ3v) is 5.58. The van der Waals surface area contributed by atoms with Crippen molar-refractivity contribution in [1.82, 2.24) is 25.4 Å². The van der Waals surface area contributed by atoms with Crippen LogP contribution in [0, 0.1) is 0 Å². The lowest BCUT2D eigenvalue weighted by Crippen LogP contribution is -2.35. The number of nitrogens with zero attached hydrogens (tertiary/aromatic N) is 3. The van der Waals surface area contributed by atoms with Crippen LogP contribution in [0.4, 0.5) is 0 Å². The number of rotatable bonds is 8. The summed E-state index contributed by atoms with van der Waals surface area (Å²) in [4.78, 5) is 19.7. The SMILES string of the molecule is CN(C)[C@H](CNC(=O)CSc1n[nH]c(-c2cccs2)n1)c1ccccc1. The number of thiophene rings is 1. The van der Waals surface area contributed by atoms with E-state index in [-0.39, 0.29) is 17.7 Å². The van der Waals surface area contributed by atoms with Crippen molar-refractivity contribution in [2.45, 2.75) is 11.2 Å². The van der Waals surface area contributed by atoms with Gasteiger partial charge in [0.15, 0.2) is 5.82 Å². The zero-order chi connectivity index (χ0) is 18.4. The first-order valence-corrected chi connectivity index (χ1v) is 10.1. The molecule has 26 heavy (non-hydrogen) atoms. The summed E-state index contributed by atoms with van der Waals surface area (Å²) in [6, 6.07) is 14.3. The zero-order valence-electron chi connectivity index (χ0n) is 14.7. The van der Waals surface area contributed by atoms with Gasteiger partial charge < -0.3 is 10.2 Å². The molecule has 3 rings (SSSR count). The number of nitrogens with one attached hydrogen (secondary N) is 2. The quantitative estimate of drug-likeness (QED) is 0.581. The fraction of sp³-hybridized carbons (Fsp3) is 0.278. The first-order chi connectivity index (χ1) is 12.6. The van der Waals surface area contributed by atoms with Gasteiger partial charge in [-0.3, -0.25) is 9.89 Å². The van der Waals surface area contributed by atoms with Crippen LogP contribution in [0.3, 0.4) is 0 Å². The van der Waals surface area contributed by atoms with Crippen molar-refractivity contribution in [2.75, 3.05) is 26.4 Å². The standard InChI is InChI=1S/C18H21N5OS2/c1-23(2)14(13-7-4-3-5-8-13)11-19-16(24)12-26-18-20-17(21-22-18)15-9-6-10-25-15/h3-10,14H,11-12H2,1-2H3,(H,19,24)(H,20,21,22)/t14-/m1/s1. The molecule has 2 aromatic heterocycles. The highest BCUT2D eigenvalue weighted by atomic mass is 32.2. The van der Waals surface area contributed by atoms with E-state index in [2.05, 4.69) is 37.5 Å². The number of likely N-dealkylation sites (N-methyl/N-ethyl adjacent to an activating group) is 1. The zero-order valence-corrected chi connectivity index (χ0v) is 16.3. The molecule has 3 aromatic rings. The number of carbonyl (C=O) groups excluding carboxylic acids is 1. The molecule has 136 valence electrons. The summed E-state index contributed by atoms with van der Waals surface area (Å²) < 4.78 is 0. The van der Waals surface area contributed by atoms with Gasteiger partial charge in [-0.1, -0.05) is 48.2 Å². The number of aromatic nitrogens is 3. The van der Waals surface area contributed by atoms with Crippen LogP contribution in [-0.4, -0.2) is 52.4 Å². The maximum atomic E-state index is 12.2. The second kappa shape index (κ2) is 8.98. The Bertz CT molecular complexity index is 817. The lowest BCUT2D eigenvalue weighted by molar-refractivity contribution is -0.118. The molecule has 0 saturated carbocycles. The maximum Gasteiger partial charge on any atom is 0.230 e. The Labute approximate surface area is 161 Å². The monoisotopic (exact) mass is 387 g/mol. The van der Waals surface area contributed by atoms with E-state index in [0.29, 0.717) is 11.7 Å². The van der Waals surface area contributed by atoms with Crippen LogP contribution in [-0.2, 0) is 4.79 Å². The molecule has 2 heterocycles. The predicted molar refractivity (Wildman–Crippen MR) is 106 cm³/mol. The number of amides is 1. The summed E-state index contributed by atoms with van der Waals surface area (Å²) >= 11 is 2.93. The van der Waals surface area contributed by atoms with Crippen molar-refractivity contribution in [3.8, 4) is 10.7 Å². The fourth-order valence-electron chi connectivity index (χ4n) is 2.50. The van der Waals surface area contributed by atoms with Crippen LogP contribution in [0.15, 0.2) is 53.0 Å². The Balaban J connectivity index is 1.49. The molecule has 1 aromatic carbocycles. The van der Waals surface area contributed by atoms with E-state index in [1.807, 2.05) is 49.8 Å². The fourth-order valence-corrected chi connectivity index (χ4v) is 3.79. The number of hydrogen-bond acceptors (Lipinski definition) is 6. The number of aromatic amines is 1. The molecule has 1 atom stereocenters.